The molecule has 0 atom stereocenters. The zero-order chi connectivity index (χ0) is 16.1. The Bertz CT molecular complexity index is 797. The fraction of sp³-hybridized carbons (Fsp3) is 0.167. The first-order valence-corrected chi connectivity index (χ1v) is 7.43. The highest BCUT2D eigenvalue weighted by atomic mass is 127. The number of guanidine groups is 1. The molecule has 0 saturated heterocycles. The van der Waals surface area contributed by atoms with Gasteiger partial charge in [0.25, 0.3) is 0 Å². The molecule has 2 aromatic carbocycles. The van der Waals surface area contributed by atoms with Crippen LogP contribution in [0.15, 0.2) is 64.0 Å². The summed E-state index contributed by atoms with van der Waals surface area (Å²) in [6, 6.07) is 17.5. The van der Waals surface area contributed by atoms with Crippen LogP contribution in [0.1, 0.15) is 5.76 Å². The summed E-state index contributed by atoms with van der Waals surface area (Å²) >= 11 is 0. The van der Waals surface area contributed by atoms with Crippen LogP contribution >= 0.6 is 24.0 Å². The quantitative estimate of drug-likeness (QED) is 0.359. The van der Waals surface area contributed by atoms with Crippen LogP contribution in [0.3, 0.4) is 0 Å². The minimum absolute atomic E-state index is 0. The number of para-hydroxylation sites is 3. The number of nitrogens with zero attached hydrogens (tertiary/aromatic N) is 1. The first kappa shape index (κ1) is 18.1. The van der Waals surface area contributed by atoms with Crippen LogP contribution in [0.25, 0.3) is 11.0 Å². The van der Waals surface area contributed by atoms with Gasteiger partial charge in [-0.25, -0.2) is 0 Å². The molecule has 0 saturated carbocycles. The lowest BCUT2D eigenvalue weighted by molar-refractivity contribution is 0.417. The molecule has 0 fully saturated rings. The third-order valence-electron chi connectivity index (χ3n) is 3.49. The number of hydrogen-bond acceptors (Lipinski definition) is 3. The van der Waals surface area contributed by atoms with Crippen molar-refractivity contribution in [3.05, 3.63) is 60.4 Å². The SMILES string of the molecule is COc1ccccc1NC(N)=NCCc1cc2ccccc2o1.I. The van der Waals surface area contributed by atoms with Gasteiger partial charge in [-0.05, 0) is 24.3 Å². The molecule has 0 amide bonds. The molecule has 0 aliphatic heterocycles. The van der Waals surface area contributed by atoms with E-state index < -0.39 is 0 Å². The van der Waals surface area contributed by atoms with Crippen molar-refractivity contribution in [3.63, 3.8) is 0 Å². The summed E-state index contributed by atoms with van der Waals surface area (Å²) < 4.78 is 11.0. The van der Waals surface area contributed by atoms with E-state index in [2.05, 4.69) is 10.3 Å². The minimum atomic E-state index is 0. The lowest BCUT2D eigenvalue weighted by Crippen LogP contribution is -2.23. The number of benzene rings is 2. The molecule has 3 N–H and O–H groups in total. The van der Waals surface area contributed by atoms with Gasteiger partial charge in [-0.2, -0.15) is 0 Å². The standard InChI is InChI=1S/C18H19N3O2.HI/c1-22-17-9-5-3-7-15(17)21-18(19)20-11-10-14-12-13-6-2-4-8-16(13)23-14;/h2-9,12H,10-11H2,1H3,(H3,19,20,21);1H. The molecule has 1 aromatic heterocycles. The van der Waals surface area contributed by atoms with Crippen molar-refractivity contribution >= 4 is 46.6 Å². The van der Waals surface area contributed by atoms with Gasteiger partial charge in [0.2, 0.25) is 0 Å². The van der Waals surface area contributed by atoms with Crippen molar-refractivity contribution in [2.75, 3.05) is 19.0 Å². The average molecular weight is 437 g/mol. The summed E-state index contributed by atoms with van der Waals surface area (Å²) in [5.41, 5.74) is 7.61. The molecular weight excluding hydrogens is 417 g/mol. The molecule has 24 heavy (non-hydrogen) atoms. The van der Waals surface area contributed by atoms with Crippen molar-refractivity contribution in [3.8, 4) is 5.75 Å². The number of hydrogen-bond donors (Lipinski definition) is 2. The second kappa shape index (κ2) is 8.58. The van der Waals surface area contributed by atoms with Crippen molar-refractivity contribution in [1.29, 1.82) is 0 Å². The molecule has 0 bridgehead atoms. The third-order valence-corrected chi connectivity index (χ3v) is 3.49. The normalized spacial score (nSPS) is 11.1. The number of furan rings is 1. The summed E-state index contributed by atoms with van der Waals surface area (Å²) in [6.45, 7) is 0.549. The topological polar surface area (TPSA) is 72.8 Å². The van der Waals surface area contributed by atoms with Crippen LogP contribution in [0, 0.1) is 0 Å². The number of ether oxygens (including phenoxy) is 1. The molecular formula is C18H20IN3O2. The minimum Gasteiger partial charge on any atom is -0.495 e. The number of anilines is 1. The molecule has 6 heteroatoms. The Kier molecular flexibility index (Phi) is 6.48. The van der Waals surface area contributed by atoms with Crippen LogP contribution in [0.4, 0.5) is 5.69 Å². The van der Waals surface area contributed by atoms with Gasteiger partial charge in [0.15, 0.2) is 5.96 Å². The highest BCUT2D eigenvalue weighted by molar-refractivity contribution is 14.0. The average Bonchev–Trinajstić information content (AvgIpc) is 2.98. The van der Waals surface area contributed by atoms with Gasteiger partial charge in [0.1, 0.15) is 17.1 Å². The van der Waals surface area contributed by atoms with Gasteiger partial charge in [-0.3, -0.25) is 4.99 Å². The third kappa shape index (κ3) is 4.41. The van der Waals surface area contributed by atoms with Crippen molar-refractivity contribution in [2.24, 2.45) is 10.7 Å². The number of aliphatic imine (C=N–C) groups is 1. The van der Waals surface area contributed by atoms with Crippen LogP contribution < -0.4 is 15.8 Å². The molecule has 3 rings (SSSR count). The van der Waals surface area contributed by atoms with Crippen LogP contribution in [-0.4, -0.2) is 19.6 Å². The predicted octanol–water partition coefficient (Wildman–Crippen LogP) is 4.03. The smallest absolute Gasteiger partial charge is 0.193 e. The Balaban J connectivity index is 0.00000208. The van der Waals surface area contributed by atoms with E-state index in [0.29, 0.717) is 18.9 Å². The lowest BCUT2D eigenvalue weighted by atomic mass is 10.2. The maximum atomic E-state index is 5.92. The maximum Gasteiger partial charge on any atom is 0.193 e. The van der Waals surface area contributed by atoms with E-state index in [1.54, 1.807) is 7.11 Å². The number of rotatable bonds is 5. The molecule has 126 valence electrons. The summed E-state index contributed by atoms with van der Waals surface area (Å²) in [5, 5.41) is 4.15. The number of nitrogens with one attached hydrogen (secondary N) is 1. The number of methoxy groups -OCH3 is 1. The van der Waals surface area contributed by atoms with Crippen molar-refractivity contribution in [1.82, 2.24) is 0 Å². The molecule has 0 unspecified atom stereocenters. The summed E-state index contributed by atoms with van der Waals surface area (Å²) in [4.78, 5) is 4.33. The molecule has 3 aromatic rings. The first-order chi connectivity index (χ1) is 11.3. The van der Waals surface area contributed by atoms with Crippen molar-refractivity contribution < 1.29 is 9.15 Å². The second-order valence-electron chi connectivity index (χ2n) is 5.09. The fourth-order valence-electron chi connectivity index (χ4n) is 2.37. The second-order valence-corrected chi connectivity index (χ2v) is 5.09. The first-order valence-electron chi connectivity index (χ1n) is 7.43. The largest absolute Gasteiger partial charge is 0.495 e. The number of fused-ring (bicyclic) bond motifs is 1. The predicted molar refractivity (Wildman–Crippen MR) is 108 cm³/mol. The number of nitrogens with two attached hydrogens (primary N) is 1. The van der Waals surface area contributed by atoms with Gasteiger partial charge in [0.05, 0.1) is 12.8 Å². The Hall–Kier alpha value is -2.22. The Morgan fingerprint density at radius 3 is 2.71 bits per heavy atom. The van der Waals surface area contributed by atoms with Crippen LogP contribution in [0.2, 0.25) is 0 Å². The van der Waals surface area contributed by atoms with Crippen LogP contribution in [0.5, 0.6) is 5.75 Å². The van der Waals surface area contributed by atoms with Gasteiger partial charge >= 0.3 is 0 Å². The van der Waals surface area contributed by atoms with E-state index in [1.165, 1.54) is 0 Å². The summed E-state index contributed by atoms with van der Waals surface area (Å²) in [6.07, 6.45) is 0.697. The zero-order valence-corrected chi connectivity index (χ0v) is 15.7. The zero-order valence-electron chi connectivity index (χ0n) is 13.4. The molecule has 0 radical (unpaired) electrons. The monoisotopic (exact) mass is 437 g/mol. The molecule has 5 nitrogen and oxygen atoms in total. The van der Waals surface area contributed by atoms with E-state index in [-0.39, 0.29) is 24.0 Å². The van der Waals surface area contributed by atoms with Gasteiger partial charge in [-0.1, -0.05) is 30.3 Å². The van der Waals surface area contributed by atoms with E-state index >= 15 is 0 Å². The lowest BCUT2D eigenvalue weighted by Gasteiger charge is -2.09. The van der Waals surface area contributed by atoms with E-state index in [4.69, 9.17) is 14.9 Å². The van der Waals surface area contributed by atoms with E-state index in [1.807, 2.05) is 54.6 Å². The molecule has 1 heterocycles. The van der Waals surface area contributed by atoms with E-state index in [0.717, 1.165) is 28.2 Å². The van der Waals surface area contributed by atoms with Crippen LogP contribution in [-0.2, 0) is 6.42 Å². The molecule has 0 spiro atoms. The van der Waals surface area contributed by atoms with Crippen molar-refractivity contribution in [2.45, 2.75) is 6.42 Å². The van der Waals surface area contributed by atoms with Gasteiger partial charge < -0.3 is 20.2 Å². The Morgan fingerprint density at radius 1 is 1.17 bits per heavy atom. The maximum absolute atomic E-state index is 5.92. The Labute approximate surface area is 157 Å². The molecule has 0 aliphatic rings. The van der Waals surface area contributed by atoms with Gasteiger partial charge in [0, 0.05) is 18.4 Å². The summed E-state index contributed by atoms with van der Waals surface area (Å²) in [7, 11) is 1.62. The molecule has 0 aliphatic carbocycles. The van der Waals surface area contributed by atoms with E-state index in [9.17, 15) is 0 Å². The fourth-order valence-corrected chi connectivity index (χ4v) is 2.37. The summed E-state index contributed by atoms with van der Waals surface area (Å²) in [5.74, 6) is 1.98. The number of halogens is 1. The highest BCUT2D eigenvalue weighted by Crippen LogP contribution is 2.22. The Morgan fingerprint density at radius 2 is 1.92 bits per heavy atom. The van der Waals surface area contributed by atoms with Gasteiger partial charge in [-0.15, -0.1) is 24.0 Å². The highest BCUT2D eigenvalue weighted by Gasteiger charge is 2.04.